The Hall–Kier alpha value is -0.900. The van der Waals surface area contributed by atoms with E-state index in [1.165, 1.54) is 30.9 Å². The molecule has 0 aromatic carbocycles. The van der Waals surface area contributed by atoms with Crippen LogP contribution in [0.5, 0.6) is 0 Å². The summed E-state index contributed by atoms with van der Waals surface area (Å²) in [6.45, 7) is 2.16. The molecule has 0 radical (unpaired) electrons. The Bertz CT molecular complexity index is 238. The van der Waals surface area contributed by atoms with Crippen LogP contribution < -0.4 is 5.64 Å². The van der Waals surface area contributed by atoms with E-state index in [1.54, 1.807) is 0 Å². The fourth-order valence-electron chi connectivity index (χ4n) is 1.07. The highest BCUT2D eigenvalue weighted by Gasteiger charge is 2.17. The summed E-state index contributed by atoms with van der Waals surface area (Å²) < 4.78 is 0. The molecule has 0 amide bonds. The lowest BCUT2D eigenvalue weighted by atomic mass is 10.5. The van der Waals surface area contributed by atoms with Gasteiger partial charge in [-0.15, -0.1) is 0 Å². The van der Waals surface area contributed by atoms with Crippen LogP contribution in [0.15, 0.2) is 18.2 Å². The molecule has 0 bridgehead atoms. The van der Waals surface area contributed by atoms with E-state index in [9.17, 15) is 0 Å². The van der Waals surface area contributed by atoms with Gasteiger partial charge in [0.2, 0.25) is 0 Å². The largest absolute Gasteiger partial charge is 0.280 e. The Labute approximate surface area is 72.2 Å². The number of nitrogens with one attached hydrogen (secondary N) is 1. The molecule has 12 heavy (non-hydrogen) atoms. The molecule has 1 N–H and O–H groups in total. The number of benzene rings is 1. The van der Waals surface area contributed by atoms with Crippen LogP contribution in [0, 0.1) is 6.92 Å². The van der Waals surface area contributed by atoms with Crippen molar-refractivity contribution in [2.75, 3.05) is 14.2 Å². The van der Waals surface area contributed by atoms with Crippen LogP contribution in [0.1, 0.15) is 5.56 Å². The van der Waals surface area contributed by atoms with Crippen LogP contribution in [0.4, 0.5) is 0 Å². The zero-order chi connectivity index (χ0) is 8.97. The Balaban J connectivity index is 0.000000130. The number of fused-ring (bicyclic) bond motifs is 1. The van der Waals surface area contributed by atoms with Crippen molar-refractivity contribution >= 4 is 0 Å². The van der Waals surface area contributed by atoms with Gasteiger partial charge in [0.05, 0.1) is 14.2 Å². The first-order chi connectivity index (χ1) is 5.81. The summed E-state index contributed by atoms with van der Waals surface area (Å²) >= 11 is 0. The van der Waals surface area contributed by atoms with Gasteiger partial charge in [-0.25, -0.2) is 0 Å². The van der Waals surface area contributed by atoms with Crippen molar-refractivity contribution in [1.82, 2.24) is 5.64 Å². The van der Waals surface area contributed by atoms with Crippen LogP contribution in [0.3, 0.4) is 0 Å². The van der Waals surface area contributed by atoms with Gasteiger partial charge in [-0.3, -0.25) is 9.68 Å². The van der Waals surface area contributed by atoms with E-state index in [1.807, 2.05) is 0 Å². The van der Waals surface area contributed by atoms with Gasteiger partial charge in [-0.2, -0.15) is 0 Å². The van der Waals surface area contributed by atoms with Crippen LogP contribution in [0.2, 0.25) is 0 Å². The van der Waals surface area contributed by atoms with Crippen molar-refractivity contribution < 1.29 is 9.68 Å². The van der Waals surface area contributed by atoms with Crippen molar-refractivity contribution in [1.29, 1.82) is 0 Å². The molecular formula is C9H13NO2. The molecule has 0 aromatic heterocycles. The van der Waals surface area contributed by atoms with Crippen molar-refractivity contribution in [2.24, 2.45) is 0 Å². The van der Waals surface area contributed by atoms with Gasteiger partial charge < -0.3 is 0 Å². The van der Waals surface area contributed by atoms with Crippen molar-refractivity contribution in [3.63, 3.8) is 0 Å². The average molecular weight is 167 g/mol. The van der Waals surface area contributed by atoms with Gasteiger partial charge in [0, 0.05) is 0 Å². The molecule has 66 valence electrons. The van der Waals surface area contributed by atoms with Crippen molar-refractivity contribution in [2.45, 2.75) is 6.92 Å². The van der Waals surface area contributed by atoms with Gasteiger partial charge in [-0.1, -0.05) is 23.8 Å². The van der Waals surface area contributed by atoms with E-state index in [0.29, 0.717) is 0 Å². The summed E-state index contributed by atoms with van der Waals surface area (Å²) in [6.07, 6.45) is 0. The zero-order valence-corrected chi connectivity index (χ0v) is 7.55. The molecule has 3 nitrogen and oxygen atoms in total. The minimum absolute atomic E-state index is 1.47. The molecular weight excluding hydrogens is 154 g/mol. The summed E-state index contributed by atoms with van der Waals surface area (Å²) in [5.41, 5.74) is 6.54. The molecule has 2 rings (SSSR count). The van der Waals surface area contributed by atoms with Crippen LogP contribution in [-0.2, 0) is 9.68 Å². The normalized spacial score (nSPS) is 10.2. The maximum atomic E-state index is 4.22. The lowest BCUT2D eigenvalue weighted by Crippen LogP contribution is -2.07. The van der Waals surface area contributed by atoms with Gasteiger partial charge >= 0.3 is 0 Å². The first-order valence-corrected chi connectivity index (χ1v) is 3.72. The van der Waals surface area contributed by atoms with E-state index in [-0.39, 0.29) is 0 Å². The highest BCUT2D eigenvalue weighted by molar-refractivity contribution is 5.88. The highest BCUT2D eigenvalue weighted by Crippen LogP contribution is 2.40. The topological polar surface area (TPSA) is 30.5 Å². The second-order valence-electron chi connectivity index (χ2n) is 2.47. The van der Waals surface area contributed by atoms with E-state index < -0.39 is 0 Å². The molecule has 0 spiro atoms. The van der Waals surface area contributed by atoms with Crippen molar-refractivity contribution in [3.05, 3.63) is 23.8 Å². The first kappa shape index (κ1) is 9.19. The van der Waals surface area contributed by atoms with E-state index >= 15 is 0 Å². The molecule has 0 atom stereocenters. The lowest BCUT2D eigenvalue weighted by molar-refractivity contribution is -0.130. The maximum Gasteiger partial charge on any atom is 0.0599 e. The Kier molecular flexibility index (Phi) is 3.22. The van der Waals surface area contributed by atoms with Crippen LogP contribution in [0.25, 0.3) is 11.1 Å². The predicted molar refractivity (Wildman–Crippen MR) is 47.3 cm³/mol. The van der Waals surface area contributed by atoms with Gasteiger partial charge in [-0.05, 0) is 23.6 Å². The molecule has 0 saturated carbocycles. The Morgan fingerprint density at radius 2 is 1.58 bits per heavy atom. The van der Waals surface area contributed by atoms with E-state index in [2.05, 4.69) is 40.4 Å². The monoisotopic (exact) mass is 167 g/mol. The van der Waals surface area contributed by atoms with Gasteiger partial charge in [0.15, 0.2) is 0 Å². The summed E-state index contributed by atoms with van der Waals surface area (Å²) in [5.74, 6) is 0. The molecule has 0 aliphatic heterocycles. The quantitative estimate of drug-likeness (QED) is 0.690. The van der Waals surface area contributed by atoms with Crippen LogP contribution in [-0.4, -0.2) is 14.2 Å². The second-order valence-corrected chi connectivity index (χ2v) is 2.47. The van der Waals surface area contributed by atoms with Crippen molar-refractivity contribution in [3.8, 4) is 11.1 Å². The Morgan fingerprint density at radius 3 is 1.75 bits per heavy atom. The molecule has 0 fully saturated rings. The second kappa shape index (κ2) is 4.21. The smallest absolute Gasteiger partial charge is 0.0599 e. The fourth-order valence-corrected chi connectivity index (χ4v) is 1.07. The molecule has 2 aliphatic carbocycles. The average Bonchev–Trinajstić information content (AvgIpc) is 2.55. The van der Waals surface area contributed by atoms with Gasteiger partial charge in [0.1, 0.15) is 0 Å². The summed E-state index contributed by atoms with van der Waals surface area (Å²) in [6, 6.07) is 6.41. The third kappa shape index (κ3) is 2.04. The molecule has 0 unspecified atom stereocenters. The number of rotatable bonds is 2. The maximum absolute atomic E-state index is 4.22. The standard InChI is InChI=1S/C7H6.C2H7NO2/c1-5-6-3-2-4-7(5)6;1-4-3-5-2/h2-4H,1H3;3H,1-2H3. The Morgan fingerprint density at radius 1 is 1.08 bits per heavy atom. The summed E-state index contributed by atoms with van der Waals surface area (Å²) in [4.78, 5) is 8.44. The third-order valence-electron chi connectivity index (χ3n) is 1.73. The first-order valence-electron chi connectivity index (χ1n) is 3.72. The molecule has 0 aromatic rings. The number of hydrogen-bond acceptors (Lipinski definition) is 3. The van der Waals surface area contributed by atoms with Gasteiger partial charge in [0.25, 0.3) is 0 Å². The summed E-state index contributed by atoms with van der Waals surface area (Å²) in [5, 5.41) is 0. The van der Waals surface area contributed by atoms with Crippen LogP contribution >= 0.6 is 0 Å². The minimum Gasteiger partial charge on any atom is -0.280 e. The highest BCUT2D eigenvalue weighted by atomic mass is 16.9. The lowest BCUT2D eigenvalue weighted by Gasteiger charge is -1.89. The third-order valence-corrected chi connectivity index (χ3v) is 1.73. The number of hydrogen-bond donors (Lipinski definition) is 1. The molecule has 0 saturated heterocycles. The molecule has 0 heterocycles. The SMILES string of the molecule is CONOC.Cc1c2cccc1-2. The number of aryl methyl sites for hydroxylation is 1. The van der Waals surface area contributed by atoms with E-state index in [4.69, 9.17) is 0 Å². The summed E-state index contributed by atoms with van der Waals surface area (Å²) in [7, 11) is 2.95. The minimum atomic E-state index is 1.47. The fraction of sp³-hybridized carbons (Fsp3) is 0.333. The van der Waals surface area contributed by atoms with E-state index in [0.717, 1.165) is 0 Å². The molecule has 3 heteroatoms. The molecule has 2 aliphatic rings. The zero-order valence-electron chi connectivity index (χ0n) is 7.55. The predicted octanol–water partition coefficient (Wildman–Crippen LogP) is 1.67.